The van der Waals surface area contributed by atoms with E-state index in [2.05, 4.69) is 27.3 Å². The topological polar surface area (TPSA) is 75.4 Å². The summed E-state index contributed by atoms with van der Waals surface area (Å²) in [6.07, 6.45) is 5.09. The van der Waals surface area contributed by atoms with Gasteiger partial charge in [-0.25, -0.2) is 14.5 Å². The van der Waals surface area contributed by atoms with Crippen LogP contribution in [0.2, 0.25) is 0 Å². The number of aryl methyl sites for hydroxylation is 1. The maximum atomic E-state index is 12.7. The van der Waals surface area contributed by atoms with Gasteiger partial charge in [-0.15, -0.1) is 16.4 Å². The predicted molar refractivity (Wildman–Crippen MR) is 96.1 cm³/mol. The lowest BCUT2D eigenvalue weighted by Crippen LogP contribution is -2.46. The predicted octanol–water partition coefficient (Wildman–Crippen LogP) is 1.51. The van der Waals surface area contributed by atoms with Gasteiger partial charge in [0.15, 0.2) is 5.65 Å². The van der Waals surface area contributed by atoms with Crippen molar-refractivity contribution in [3.05, 3.63) is 22.6 Å². The molecule has 0 aromatic carbocycles. The first-order valence-electron chi connectivity index (χ1n) is 8.86. The lowest BCUT2D eigenvalue weighted by Gasteiger charge is -2.26. The van der Waals surface area contributed by atoms with E-state index in [0.717, 1.165) is 41.8 Å². The summed E-state index contributed by atoms with van der Waals surface area (Å²) in [7, 11) is 0. The molecular formula is C17H20N6OS. The van der Waals surface area contributed by atoms with Crippen LogP contribution in [0.3, 0.4) is 0 Å². The fraction of sp³-hybridized carbons (Fsp3) is 0.529. The average molecular weight is 356 g/mol. The van der Waals surface area contributed by atoms with Crippen molar-refractivity contribution < 1.29 is 4.79 Å². The van der Waals surface area contributed by atoms with Crippen molar-refractivity contribution in [2.45, 2.75) is 26.2 Å². The van der Waals surface area contributed by atoms with Crippen LogP contribution in [0.4, 0.5) is 0 Å². The van der Waals surface area contributed by atoms with Crippen molar-refractivity contribution in [3.8, 4) is 0 Å². The first-order chi connectivity index (χ1) is 12.2. The Balaban J connectivity index is 1.63. The molecule has 0 bridgehead atoms. The molecular weight excluding hydrogens is 336 g/mol. The summed E-state index contributed by atoms with van der Waals surface area (Å²) in [5.41, 5.74) is 2.14. The number of rotatable bonds is 1. The number of thiophene rings is 1. The van der Waals surface area contributed by atoms with Crippen LogP contribution in [-0.4, -0.2) is 56.6 Å². The van der Waals surface area contributed by atoms with Crippen LogP contribution in [0.25, 0.3) is 15.9 Å². The lowest BCUT2D eigenvalue weighted by molar-refractivity contribution is 0.0723. The zero-order valence-corrected chi connectivity index (χ0v) is 15.0. The standard InChI is InChI=1S/C17H20N6OS/c1-10-2-3-12-11(8-10)13-15-20-14(17(24)22-6-4-18-5-7-22)21-23(15)9-19-16(13)25-12/h9-10,18H,2-8H2,1H3/t10-/m0/s1. The van der Waals surface area contributed by atoms with E-state index in [-0.39, 0.29) is 11.7 Å². The van der Waals surface area contributed by atoms with Crippen molar-refractivity contribution >= 4 is 33.1 Å². The average Bonchev–Trinajstić information content (AvgIpc) is 3.22. The molecule has 1 aliphatic heterocycles. The smallest absolute Gasteiger partial charge is 0.293 e. The van der Waals surface area contributed by atoms with Crippen LogP contribution in [0.5, 0.6) is 0 Å². The van der Waals surface area contributed by atoms with Crippen molar-refractivity contribution in [2.75, 3.05) is 26.2 Å². The second-order valence-corrected chi connectivity index (χ2v) is 8.11. The molecule has 4 heterocycles. The van der Waals surface area contributed by atoms with Gasteiger partial charge < -0.3 is 10.2 Å². The van der Waals surface area contributed by atoms with Crippen molar-refractivity contribution in [3.63, 3.8) is 0 Å². The molecule has 1 fully saturated rings. The second-order valence-electron chi connectivity index (χ2n) is 7.02. The van der Waals surface area contributed by atoms with Crippen LogP contribution in [0, 0.1) is 5.92 Å². The number of fused-ring (bicyclic) bond motifs is 5. The van der Waals surface area contributed by atoms with E-state index in [9.17, 15) is 4.79 Å². The Labute approximate surface area is 149 Å². The molecule has 0 spiro atoms. The van der Waals surface area contributed by atoms with Crippen molar-refractivity contribution in [2.24, 2.45) is 5.92 Å². The number of amides is 1. The van der Waals surface area contributed by atoms with Gasteiger partial charge in [-0.3, -0.25) is 4.79 Å². The van der Waals surface area contributed by atoms with Gasteiger partial charge >= 0.3 is 0 Å². The quantitative estimate of drug-likeness (QED) is 0.715. The minimum absolute atomic E-state index is 0.0872. The molecule has 25 heavy (non-hydrogen) atoms. The van der Waals surface area contributed by atoms with E-state index in [1.807, 2.05) is 4.90 Å². The summed E-state index contributed by atoms with van der Waals surface area (Å²) >= 11 is 1.77. The fourth-order valence-electron chi connectivity index (χ4n) is 3.85. The van der Waals surface area contributed by atoms with Gasteiger partial charge in [0.1, 0.15) is 11.2 Å². The number of hydrogen-bond acceptors (Lipinski definition) is 6. The fourth-order valence-corrected chi connectivity index (χ4v) is 5.02. The van der Waals surface area contributed by atoms with Gasteiger partial charge in [0.05, 0.1) is 5.39 Å². The van der Waals surface area contributed by atoms with Crippen molar-refractivity contribution in [1.82, 2.24) is 29.8 Å². The Bertz CT molecular complexity index is 970. The molecule has 5 rings (SSSR count). The molecule has 7 nitrogen and oxygen atoms in total. The van der Waals surface area contributed by atoms with E-state index in [4.69, 9.17) is 0 Å². The Morgan fingerprint density at radius 3 is 3.04 bits per heavy atom. The van der Waals surface area contributed by atoms with Crippen LogP contribution < -0.4 is 5.32 Å². The first kappa shape index (κ1) is 15.2. The molecule has 130 valence electrons. The van der Waals surface area contributed by atoms with Gasteiger partial charge in [-0.2, -0.15) is 0 Å². The van der Waals surface area contributed by atoms with Crippen LogP contribution >= 0.6 is 11.3 Å². The van der Waals surface area contributed by atoms with Crippen molar-refractivity contribution in [1.29, 1.82) is 0 Å². The summed E-state index contributed by atoms with van der Waals surface area (Å²) in [4.78, 5) is 26.2. The molecule has 1 N–H and O–H groups in total. The molecule has 1 saturated heterocycles. The Morgan fingerprint density at radius 2 is 2.20 bits per heavy atom. The molecule has 1 aliphatic carbocycles. The highest BCUT2D eigenvalue weighted by atomic mass is 32.1. The summed E-state index contributed by atoms with van der Waals surface area (Å²) in [6.45, 7) is 5.34. The Hall–Kier alpha value is -2.06. The summed E-state index contributed by atoms with van der Waals surface area (Å²) < 4.78 is 1.67. The van der Waals surface area contributed by atoms with Crippen LogP contribution in [0.15, 0.2) is 6.33 Å². The monoisotopic (exact) mass is 356 g/mol. The number of aromatic nitrogens is 4. The largest absolute Gasteiger partial charge is 0.333 e. The molecule has 0 unspecified atom stereocenters. The summed E-state index contributed by atoms with van der Waals surface area (Å²) in [6, 6.07) is 0. The minimum Gasteiger partial charge on any atom is -0.333 e. The zero-order chi connectivity index (χ0) is 17.0. The van der Waals surface area contributed by atoms with Gasteiger partial charge in [0.2, 0.25) is 5.82 Å². The van der Waals surface area contributed by atoms with E-state index in [1.54, 1.807) is 22.2 Å². The van der Waals surface area contributed by atoms with E-state index < -0.39 is 0 Å². The summed E-state index contributed by atoms with van der Waals surface area (Å²) in [5.74, 6) is 0.867. The Kier molecular flexibility index (Phi) is 3.49. The molecule has 0 saturated carbocycles. The van der Waals surface area contributed by atoms with Gasteiger partial charge in [-0.05, 0) is 30.7 Å². The van der Waals surface area contributed by atoms with Crippen LogP contribution in [-0.2, 0) is 12.8 Å². The first-order valence-corrected chi connectivity index (χ1v) is 9.68. The number of piperazine rings is 1. The van der Waals surface area contributed by atoms with E-state index in [0.29, 0.717) is 19.0 Å². The third-order valence-electron chi connectivity index (χ3n) is 5.22. The minimum atomic E-state index is -0.0872. The number of carbonyl (C=O) groups is 1. The van der Waals surface area contributed by atoms with Gasteiger partial charge in [0.25, 0.3) is 5.91 Å². The maximum Gasteiger partial charge on any atom is 0.293 e. The van der Waals surface area contributed by atoms with Gasteiger partial charge in [-0.1, -0.05) is 6.92 Å². The molecule has 2 aliphatic rings. The maximum absolute atomic E-state index is 12.7. The molecule has 3 aromatic heterocycles. The molecule has 1 amide bonds. The van der Waals surface area contributed by atoms with Crippen LogP contribution in [0.1, 0.15) is 34.4 Å². The summed E-state index contributed by atoms with van der Waals surface area (Å²) in [5, 5.41) is 8.78. The highest BCUT2D eigenvalue weighted by molar-refractivity contribution is 7.19. The zero-order valence-electron chi connectivity index (χ0n) is 14.2. The van der Waals surface area contributed by atoms with Gasteiger partial charge in [0, 0.05) is 31.1 Å². The molecule has 3 aromatic rings. The van der Waals surface area contributed by atoms with E-state index >= 15 is 0 Å². The highest BCUT2D eigenvalue weighted by Crippen LogP contribution is 2.38. The number of nitrogens with zero attached hydrogens (tertiary/aromatic N) is 5. The SMILES string of the molecule is C[C@H]1CCc2sc3ncn4nc(C(=O)N5CCNCC5)nc4c3c2C1. The normalized spacial score (nSPS) is 21.0. The molecule has 0 radical (unpaired) electrons. The number of carbonyl (C=O) groups excluding carboxylic acids is 1. The number of hydrogen-bond donors (Lipinski definition) is 1. The highest BCUT2D eigenvalue weighted by Gasteiger charge is 2.26. The third kappa shape index (κ3) is 2.43. The third-order valence-corrected chi connectivity index (χ3v) is 6.42. The molecule has 1 atom stereocenters. The second kappa shape index (κ2) is 5.74. The Morgan fingerprint density at radius 1 is 1.36 bits per heavy atom. The molecule has 8 heteroatoms. The lowest BCUT2D eigenvalue weighted by atomic mass is 9.89. The number of nitrogens with one attached hydrogen (secondary N) is 1. The van der Waals surface area contributed by atoms with E-state index in [1.165, 1.54) is 16.9 Å².